The molecule has 0 spiro atoms. The summed E-state index contributed by atoms with van der Waals surface area (Å²) >= 11 is 0. The third kappa shape index (κ3) is 5.59. The summed E-state index contributed by atoms with van der Waals surface area (Å²) in [6.07, 6.45) is 1.29. The second-order valence-corrected chi connectivity index (χ2v) is 4.05. The van der Waals surface area contributed by atoms with Crippen LogP contribution in [-0.2, 0) is 0 Å². The summed E-state index contributed by atoms with van der Waals surface area (Å²) in [5.74, 6) is 0.247. The van der Waals surface area contributed by atoms with Gasteiger partial charge in [0.1, 0.15) is 5.84 Å². The van der Waals surface area contributed by atoms with Gasteiger partial charge in [0, 0.05) is 31.7 Å². The smallest absolute Gasteiger partial charge is 0.140 e. The van der Waals surface area contributed by atoms with E-state index in [1.165, 1.54) is 0 Å². The molecule has 0 aliphatic heterocycles. The monoisotopic (exact) mass is 217 g/mol. The van der Waals surface area contributed by atoms with Crippen molar-refractivity contribution in [1.29, 1.82) is 0 Å². The van der Waals surface area contributed by atoms with Crippen LogP contribution < -0.4 is 5.73 Å². The summed E-state index contributed by atoms with van der Waals surface area (Å²) in [6, 6.07) is 0.602. The average Bonchev–Trinajstić information content (AvgIpc) is 2.17. The summed E-state index contributed by atoms with van der Waals surface area (Å²) in [5, 5.41) is 20.2. The highest BCUT2D eigenvalue weighted by atomic mass is 16.4. The fourth-order valence-electron chi connectivity index (χ4n) is 1.70. The molecule has 0 saturated heterocycles. The van der Waals surface area contributed by atoms with Crippen LogP contribution in [0, 0.1) is 0 Å². The van der Waals surface area contributed by atoms with Crippen LogP contribution in [0.25, 0.3) is 0 Å². The molecule has 5 nitrogen and oxygen atoms in total. The van der Waals surface area contributed by atoms with Crippen LogP contribution in [-0.4, -0.2) is 46.3 Å². The molecule has 0 fully saturated rings. The zero-order valence-corrected chi connectivity index (χ0v) is 9.85. The lowest BCUT2D eigenvalue weighted by Crippen LogP contribution is -2.41. The lowest BCUT2D eigenvalue weighted by Gasteiger charge is -2.32. The van der Waals surface area contributed by atoms with E-state index in [9.17, 15) is 0 Å². The number of nitrogens with zero attached hydrogens (tertiary/aromatic N) is 2. The van der Waals surface area contributed by atoms with Crippen molar-refractivity contribution in [3.63, 3.8) is 0 Å². The largest absolute Gasteiger partial charge is 0.409 e. The molecule has 0 aromatic carbocycles. The standard InChI is InChI=1S/C10H23N3O2/c1-8(2)13(5-4-6-14)9(3)7-10(11)12-15/h8-9,14-15H,4-7H2,1-3H3,(H2,11,12). The molecule has 0 aromatic rings. The minimum atomic E-state index is 0.194. The van der Waals surface area contributed by atoms with E-state index in [2.05, 4.69) is 23.9 Å². The number of nitrogens with two attached hydrogens (primary N) is 1. The molecule has 0 aliphatic rings. The highest BCUT2D eigenvalue weighted by Crippen LogP contribution is 2.09. The van der Waals surface area contributed by atoms with Crippen LogP contribution in [0.4, 0.5) is 0 Å². The predicted molar refractivity (Wildman–Crippen MR) is 61.0 cm³/mol. The molecule has 15 heavy (non-hydrogen) atoms. The van der Waals surface area contributed by atoms with Gasteiger partial charge < -0.3 is 16.0 Å². The topological polar surface area (TPSA) is 82.1 Å². The van der Waals surface area contributed by atoms with Crippen molar-refractivity contribution in [3.05, 3.63) is 0 Å². The van der Waals surface area contributed by atoms with Gasteiger partial charge in [0.05, 0.1) is 0 Å². The molecule has 0 saturated carbocycles. The Hall–Kier alpha value is -0.810. The van der Waals surface area contributed by atoms with E-state index in [1.807, 2.05) is 6.92 Å². The molecule has 0 bridgehead atoms. The van der Waals surface area contributed by atoms with Crippen LogP contribution in [0.1, 0.15) is 33.6 Å². The van der Waals surface area contributed by atoms with E-state index >= 15 is 0 Å². The van der Waals surface area contributed by atoms with Crippen molar-refractivity contribution in [3.8, 4) is 0 Å². The van der Waals surface area contributed by atoms with Gasteiger partial charge in [-0.25, -0.2) is 0 Å². The second kappa shape index (κ2) is 7.48. The number of hydrogen-bond donors (Lipinski definition) is 3. The number of oxime groups is 1. The van der Waals surface area contributed by atoms with Gasteiger partial charge in [0.15, 0.2) is 0 Å². The van der Waals surface area contributed by atoms with Crippen molar-refractivity contribution in [2.45, 2.75) is 45.7 Å². The third-order valence-electron chi connectivity index (χ3n) is 2.44. The first-order chi connectivity index (χ1) is 7.02. The minimum absolute atomic E-state index is 0.194. The van der Waals surface area contributed by atoms with Gasteiger partial charge in [-0.1, -0.05) is 5.16 Å². The zero-order valence-electron chi connectivity index (χ0n) is 9.85. The van der Waals surface area contributed by atoms with Crippen LogP contribution in [0.15, 0.2) is 5.16 Å². The second-order valence-electron chi connectivity index (χ2n) is 4.05. The molecule has 5 heteroatoms. The van der Waals surface area contributed by atoms with E-state index in [0.29, 0.717) is 12.5 Å². The molecule has 0 amide bonds. The quantitative estimate of drug-likeness (QED) is 0.252. The highest BCUT2D eigenvalue weighted by molar-refractivity contribution is 5.80. The normalized spacial score (nSPS) is 14.9. The molecule has 0 aromatic heterocycles. The van der Waals surface area contributed by atoms with Gasteiger partial charge in [0.2, 0.25) is 0 Å². The van der Waals surface area contributed by atoms with Crippen molar-refractivity contribution in [2.75, 3.05) is 13.2 Å². The molecule has 1 atom stereocenters. The molecule has 0 aliphatic carbocycles. The van der Waals surface area contributed by atoms with Crippen LogP contribution in [0.2, 0.25) is 0 Å². The predicted octanol–water partition coefficient (Wildman–Crippen LogP) is 0.604. The minimum Gasteiger partial charge on any atom is -0.409 e. The fraction of sp³-hybridized carbons (Fsp3) is 0.900. The van der Waals surface area contributed by atoms with Gasteiger partial charge in [-0.05, 0) is 27.2 Å². The average molecular weight is 217 g/mol. The molecular formula is C10H23N3O2. The lowest BCUT2D eigenvalue weighted by molar-refractivity contribution is 0.149. The van der Waals surface area contributed by atoms with E-state index in [4.69, 9.17) is 16.0 Å². The third-order valence-corrected chi connectivity index (χ3v) is 2.44. The maximum Gasteiger partial charge on any atom is 0.140 e. The van der Waals surface area contributed by atoms with Crippen LogP contribution in [0.5, 0.6) is 0 Å². The van der Waals surface area contributed by atoms with Crippen molar-refractivity contribution >= 4 is 5.84 Å². The summed E-state index contributed by atoms with van der Waals surface area (Å²) in [4.78, 5) is 2.23. The molecule has 0 heterocycles. The van der Waals surface area contributed by atoms with Gasteiger partial charge in [-0.15, -0.1) is 0 Å². The van der Waals surface area contributed by atoms with E-state index in [1.54, 1.807) is 0 Å². The number of aliphatic hydroxyl groups excluding tert-OH is 1. The maximum atomic E-state index is 8.79. The molecule has 0 radical (unpaired) electrons. The molecular weight excluding hydrogens is 194 g/mol. The fourth-order valence-corrected chi connectivity index (χ4v) is 1.70. The van der Waals surface area contributed by atoms with Crippen LogP contribution >= 0.6 is 0 Å². The summed E-state index contributed by atoms with van der Waals surface area (Å²) in [7, 11) is 0. The Morgan fingerprint density at radius 1 is 1.40 bits per heavy atom. The summed E-state index contributed by atoms with van der Waals surface area (Å²) < 4.78 is 0. The Labute approximate surface area is 91.6 Å². The van der Waals surface area contributed by atoms with E-state index in [0.717, 1.165) is 13.0 Å². The Morgan fingerprint density at radius 2 is 2.00 bits per heavy atom. The molecule has 90 valence electrons. The molecule has 4 N–H and O–H groups in total. The number of rotatable bonds is 7. The number of hydrogen-bond acceptors (Lipinski definition) is 4. The summed E-state index contributed by atoms with van der Waals surface area (Å²) in [6.45, 7) is 7.25. The Kier molecular flexibility index (Phi) is 7.07. The number of aliphatic hydroxyl groups is 1. The lowest BCUT2D eigenvalue weighted by atomic mass is 10.1. The number of amidine groups is 1. The van der Waals surface area contributed by atoms with E-state index < -0.39 is 0 Å². The first-order valence-corrected chi connectivity index (χ1v) is 5.35. The van der Waals surface area contributed by atoms with Gasteiger partial charge in [-0.2, -0.15) is 0 Å². The maximum absolute atomic E-state index is 8.79. The molecule has 1 unspecified atom stereocenters. The van der Waals surface area contributed by atoms with Gasteiger partial charge in [0.25, 0.3) is 0 Å². The first-order valence-electron chi connectivity index (χ1n) is 5.35. The highest BCUT2D eigenvalue weighted by Gasteiger charge is 2.17. The van der Waals surface area contributed by atoms with Crippen LogP contribution in [0.3, 0.4) is 0 Å². The SMILES string of the molecule is CC(C)N(CCCO)C(C)CC(N)=NO. The Balaban J connectivity index is 4.22. The molecule has 0 rings (SSSR count). The van der Waals surface area contributed by atoms with Crippen molar-refractivity contribution in [2.24, 2.45) is 10.9 Å². The first kappa shape index (κ1) is 14.2. The van der Waals surface area contributed by atoms with Crippen molar-refractivity contribution < 1.29 is 10.3 Å². The van der Waals surface area contributed by atoms with Gasteiger partial charge in [-0.3, -0.25) is 4.90 Å². The van der Waals surface area contributed by atoms with E-state index in [-0.39, 0.29) is 18.5 Å². The Bertz CT molecular complexity index is 195. The van der Waals surface area contributed by atoms with Crippen molar-refractivity contribution in [1.82, 2.24) is 4.90 Å². The van der Waals surface area contributed by atoms with Gasteiger partial charge >= 0.3 is 0 Å². The summed E-state index contributed by atoms with van der Waals surface area (Å²) in [5.41, 5.74) is 5.46. The Morgan fingerprint density at radius 3 is 2.40 bits per heavy atom. The zero-order chi connectivity index (χ0) is 11.8.